The van der Waals surface area contributed by atoms with Crippen molar-refractivity contribution in [2.45, 2.75) is 46.3 Å². The molecule has 0 aliphatic rings. The average Bonchev–Trinajstić information content (AvgIpc) is 2.84. The van der Waals surface area contributed by atoms with E-state index in [1.807, 2.05) is 71.0 Å². The number of fused-ring (bicyclic) bond motifs is 1. The molecule has 4 aromatic rings. The fourth-order valence-electron chi connectivity index (χ4n) is 4.31. The van der Waals surface area contributed by atoms with Gasteiger partial charge in [0.1, 0.15) is 16.9 Å². The highest BCUT2D eigenvalue weighted by Gasteiger charge is 2.22. The van der Waals surface area contributed by atoms with Gasteiger partial charge in [0.15, 0.2) is 5.43 Å². The van der Waals surface area contributed by atoms with Crippen LogP contribution >= 0.6 is 0 Å². The third-order valence-electron chi connectivity index (χ3n) is 6.03. The standard InChI is InChI=1S/C31H33N3O4/c1-18-13-23(19(2)34-26-10-8-7-9-22(26)30(36)38-31(3,4)5)29-24(14-18)27(35)16-28(37-29)20-11-12-25(32)21(15-20)17-33-6/h7-17,19,34H,32H2,1-6H3. The van der Waals surface area contributed by atoms with Crippen molar-refractivity contribution in [1.29, 1.82) is 0 Å². The van der Waals surface area contributed by atoms with Gasteiger partial charge in [0.25, 0.3) is 0 Å². The number of aliphatic imine (C=N–C) groups is 1. The lowest BCUT2D eigenvalue weighted by Gasteiger charge is -2.23. The van der Waals surface area contributed by atoms with Crippen LogP contribution in [-0.2, 0) is 4.74 Å². The van der Waals surface area contributed by atoms with Crippen molar-refractivity contribution in [3.8, 4) is 11.3 Å². The third kappa shape index (κ3) is 5.78. The second-order valence-corrected chi connectivity index (χ2v) is 10.4. The van der Waals surface area contributed by atoms with E-state index in [0.29, 0.717) is 33.7 Å². The first-order valence-corrected chi connectivity index (χ1v) is 12.5. The van der Waals surface area contributed by atoms with Crippen LogP contribution in [0.2, 0.25) is 0 Å². The molecular weight excluding hydrogens is 478 g/mol. The first kappa shape index (κ1) is 26.7. The second kappa shape index (κ2) is 10.5. The quantitative estimate of drug-likeness (QED) is 0.173. The molecule has 4 rings (SSSR count). The van der Waals surface area contributed by atoms with Gasteiger partial charge < -0.3 is 20.2 Å². The number of hydrogen-bond donors (Lipinski definition) is 2. The van der Waals surface area contributed by atoms with Gasteiger partial charge in [-0.15, -0.1) is 0 Å². The molecule has 0 saturated carbocycles. The van der Waals surface area contributed by atoms with Crippen LogP contribution in [-0.4, -0.2) is 24.8 Å². The minimum absolute atomic E-state index is 0.143. The smallest absolute Gasteiger partial charge is 0.340 e. The monoisotopic (exact) mass is 511 g/mol. The molecule has 0 spiro atoms. The van der Waals surface area contributed by atoms with Crippen LogP contribution in [0.1, 0.15) is 60.8 Å². The average molecular weight is 512 g/mol. The molecule has 1 aromatic heterocycles. The van der Waals surface area contributed by atoms with Gasteiger partial charge in [0.2, 0.25) is 0 Å². The zero-order valence-electron chi connectivity index (χ0n) is 22.6. The van der Waals surface area contributed by atoms with Crippen molar-refractivity contribution in [3.63, 3.8) is 0 Å². The van der Waals surface area contributed by atoms with Gasteiger partial charge in [0, 0.05) is 47.4 Å². The molecule has 1 unspecified atom stereocenters. The number of para-hydroxylation sites is 1. The van der Waals surface area contributed by atoms with E-state index in [2.05, 4.69) is 10.3 Å². The van der Waals surface area contributed by atoms with E-state index in [-0.39, 0.29) is 11.5 Å². The zero-order valence-corrected chi connectivity index (χ0v) is 22.6. The first-order valence-electron chi connectivity index (χ1n) is 12.5. The number of carbonyl (C=O) groups is 1. The summed E-state index contributed by atoms with van der Waals surface area (Å²) >= 11 is 0. The summed E-state index contributed by atoms with van der Waals surface area (Å²) in [5.41, 5.74) is 10.6. The lowest BCUT2D eigenvalue weighted by molar-refractivity contribution is 0.00706. The second-order valence-electron chi connectivity index (χ2n) is 10.4. The first-order chi connectivity index (χ1) is 18.0. The van der Waals surface area contributed by atoms with Crippen LogP contribution in [0, 0.1) is 6.92 Å². The lowest BCUT2D eigenvalue weighted by atomic mass is 10.00. The van der Waals surface area contributed by atoms with E-state index >= 15 is 0 Å². The number of rotatable bonds is 6. The van der Waals surface area contributed by atoms with Crippen molar-refractivity contribution in [1.82, 2.24) is 0 Å². The molecule has 7 nitrogen and oxygen atoms in total. The number of nitrogen functional groups attached to an aromatic ring is 1. The molecule has 196 valence electrons. The number of anilines is 2. The molecule has 0 fully saturated rings. The molecule has 1 atom stereocenters. The Kier molecular flexibility index (Phi) is 7.39. The molecule has 0 bridgehead atoms. The Morgan fingerprint density at radius 1 is 1.11 bits per heavy atom. The fourth-order valence-corrected chi connectivity index (χ4v) is 4.31. The Bertz CT molecular complexity index is 1600. The number of benzene rings is 3. The summed E-state index contributed by atoms with van der Waals surface area (Å²) < 4.78 is 12.0. The number of hydrogen-bond acceptors (Lipinski definition) is 7. The Labute approximate surface area is 222 Å². The molecule has 38 heavy (non-hydrogen) atoms. The summed E-state index contributed by atoms with van der Waals surface area (Å²) in [6.45, 7) is 9.41. The van der Waals surface area contributed by atoms with Gasteiger partial charge in [-0.1, -0.05) is 18.2 Å². The Balaban J connectivity index is 1.79. The van der Waals surface area contributed by atoms with E-state index in [1.165, 1.54) is 6.07 Å². The van der Waals surface area contributed by atoms with Gasteiger partial charge in [0.05, 0.1) is 17.0 Å². The fraction of sp³-hybridized carbons (Fsp3) is 0.258. The molecule has 7 heteroatoms. The van der Waals surface area contributed by atoms with Gasteiger partial charge in [-0.05, 0) is 76.6 Å². The highest BCUT2D eigenvalue weighted by Crippen LogP contribution is 2.32. The molecule has 0 saturated heterocycles. The maximum absolute atomic E-state index is 13.2. The van der Waals surface area contributed by atoms with Crippen molar-refractivity contribution < 1.29 is 13.9 Å². The number of aryl methyl sites for hydroxylation is 1. The molecule has 0 amide bonds. The normalized spacial score (nSPS) is 12.6. The SMILES string of the molecule is CN=Cc1cc(-c2cc(=O)c3cc(C)cc(C(C)Nc4ccccc4C(=O)OC(C)(C)C)c3o2)ccc1N. The van der Waals surface area contributed by atoms with Crippen LogP contribution < -0.4 is 16.5 Å². The van der Waals surface area contributed by atoms with Gasteiger partial charge >= 0.3 is 5.97 Å². The highest BCUT2D eigenvalue weighted by atomic mass is 16.6. The maximum atomic E-state index is 13.2. The molecule has 3 aromatic carbocycles. The predicted molar refractivity (Wildman–Crippen MR) is 154 cm³/mol. The van der Waals surface area contributed by atoms with Gasteiger partial charge in [-0.3, -0.25) is 9.79 Å². The van der Waals surface area contributed by atoms with E-state index in [0.717, 1.165) is 22.3 Å². The Hall–Kier alpha value is -4.39. The van der Waals surface area contributed by atoms with Crippen LogP contribution in [0.25, 0.3) is 22.3 Å². The number of nitrogens with one attached hydrogen (secondary N) is 1. The van der Waals surface area contributed by atoms with Crippen molar-refractivity contribution in [2.24, 2.45) is 4.99 Å². The lowest BCUT2D eigenvalue weighted by Crippen LogP contribution is -2.24. The molecule has 0 aliphatic carbocycles. The highest BCUT2D eigenvalue weighted by molar-refractivity contribution is 5.96. The molecular formula is C31H33N3O4. The Morgan fingerprint density at radius 2 is 1.84 bits per heavy atom. The van der Waals surface area contributed by atoms with Gasteiger partial charge in [-0.2, -0.15) is 0 Å². The number of ether oxygens (including phenoxy) is 1. The summed E-state index contributed by atoms with van der Waals surface area (Å²) in [5, 5.41) is 3.92. The summed E-state index contributed by atoms with van der Waals surface area (Å²) in [6, 6.07) is 17.7. The minimum Gasteiger partial charge on any atom is -0.456 e. The molecule has 0 radical (unpaired) electrons. The number of nitrogens with two attached hydrogens (primary N) is 1. The van der Waals surface area contributed by atoms with E-state index < -0.39 is 11.6 Å². The summed E-state index contributed by atoms with van der Waals surface area (Å²) in [4.78, 5) is 30.1. The van der Waals surface area contributed by atoms with E-state index in [1.54, 1.807) is 31.5 Å². The van der Waals surface area contributed by atoms with Crippen molar-refractivity contribution in [3.05, 3.63) is 93.1 Å². The van der Waals surface area contributed by atoms with Crippen molar-refractivity contribution in [2.75, 3.05) is 18.1 Å². The summed E-state index contributed by atoms with van der Waals surface area (Å²) in [7, 11) is 1.67. The number of nitrogens with zero attached hydrogens (tertiary/aromatic N) is 1. The van der Waals surface area contributed by atoms with Crippen molar-refractivity contribution >= 4 is 34.5 Å². The largest absolute Gasteiger partial charge is 0.456 e. The van der Waals surface area contributed by atoms with Crippen LogP contribution in [0.5, 0.6) is 0 Å². The van der Waals surface area contributed by atoms with Crippen LogP contribution in [0.3, 0.4) is 0 Å². The van der Waals surface area contributed by atoms with Gasteiger partial charge in [-0.25, -0.2) is 4.79 Å². The van der Waals surface area contributed by atoms with E-state index in [9.17, 15) is 9.59 Å². The summed E-state index contributed by atoms with van der Waals surface area (Å²) in [6.07, 6.45) is 1.67. The summed E-state index contributed by atoms with van der Waals surface area (Å²) in [5.74, 6) is 0.0187. The number of carbonyl (C=O) groups excluding carboxylic acids is 1. The molecule has 0 aliphatic heterocycles. The van der Waals surface area contributed by atoms with Crippen LogP contribution in [0.4, 0.5) is 11.4 Å². The Morgan fingerprint density at radius 3 is 2.55 bits per heavy atom. The third-order valence-corrected chi connectivity index (χ3v) is 6.03. The molecule has 3 N–H and O–H groups in total. The van der Waals surface area contributed by atoms with E-state index in [4.69, 9.17) is 14.9 Å². The topological polar surface area (TPSA) is 107 Å². The minimum atomic E-state index is -0.618. The van der Waals surface area contributed by atoms with Crippen LogP contribution in [0.15, 0.2) is 74.9 Å². The molecule has 1 heterocycles. The predicted octanol–water partition coefficient (Wildman–Crippen LogP) is 6.53. The zero-order chi connectivity index (χ0) is 27.6. The number of esters is 1. The maximum Gasteiger partial charge on any atom is 0.340 e.